The summed E-state index contributed by atoms with van der Waals surface area (Å²) in [5, 5.41) is 5.47. The van der Waals surface area contributed by atoms with E-state index in [2.05, 4.69) is 10.6 Å². The quantitative estimate of drug-likeness (QED) is 0.711. The molecule has 0 atom stereocenters. The summed E-state index contributed by atoms with van der Waals surface area (Å²) in [5.41, 5.74) is 1.23. The van der Waals surface area contributed by atoms with Gasteiger partial charge < -0.3 is 10.6 Å². The number of rotatable bonds is 7. The van der Waals surface area contributed by atoms with Crippen LogP contribution >= 0.6 is 0 Å². The van der Waals surface area contributed by atoms with Gasteiger partial charge in [-0.2, -0.15) is 4.31 Å². The van der Waals surface area contributed by atoms with Crippen LogP contribution in [0.5, 0.6) is 0 Å². The van der Waals surface area contributed by atoms with Crippen LogP contribution in [0, 0.1) is 6.92 Å². The molecule has 2 amide bonds. The van der Waals surface area contributed by atoms with Crippen molar-refractivity contribution in [3.05, 3.63) is 23.8 Å². The number of piperazine rings is 1. The molecule has 0 saturated carbocycles. The maximum Gasteiger partial charge on any atom is 0.243 e. The van der Waals surface area contributed by atoms with Crippen molar-refractivity contribution < 1.29 is 18.0 Å². The standard InChI is InChI=1S/C17H26N4O4S/c1-4-21(5-2)26(24,25)14-7-6-13(3)15(10-14)19-17(23)12-20-9-8-18-16(22)11-20/h6-7,10H,4-5,8-9,11-12H2,1-3H3,(H,18,22)(H,19,23). The van der Waals surface area contributed by atoms with Crippen molar-refractivity contribution in [3.63, 3.8) is 0 Å². The van der Waals surface area contributed by atoms with Crippen LogP contribution in [0.15, 0.2) is 23.1 Å². The van der Waals surface area contributed by atoms with Gasteiger partial charge in [-0.25, -0.2) is 8.42 Å². The third-order valence-electron chi connectivity index (χ3n) is 4.31. The Hall–Kier alpha value is -1.97. The molecule has 0 radical (unpaired) electrons. The first kappa shape index (κ1) is 20.3. The van der Waals surface area contributed by atoms with Crippen LogP contribution in [0.4, 0.5) is 5.69 Å². The first-order valence-corrected chi connectivity index (χ1v) is 10.1. The molecule has 1 aromatic rings. The number of hydrogen-bond acceptors (Lipinski definition) is 5. The van der Waals surface area contributed by atoms with E-state index in [0.717, 1.165) is 5.56 Å². The number of benzene rings is 1. The fraction of sp³-hybridized carbons (Fsp3) is 0.529. The van der Waals surface area contributed by atoms with Gasteiger partial charge >= 0.3 is 0 Å². The highest BCUT2D eigenvalue weighted by atomic mass is 32.2. The molecule has 1 saturated heterocycles. The van der Waals surface area contributed by atoms with Crippen LogP contribution in [0.2, 0.25) is 0 Å². The first-order chi connectivity index (χ1) is 12.3. The summed E-state index contributed by atoms with van der Waals surface area (Å²) in [7, 11) is -3.59. The maximum atomic E-state index is 12.7. The highest BCUT2D eigenvalue weighted by Gasteiger charge is 2.23. The first-order valence-electron chi connectivity index (χ1n) is 8.67. The average molecular weight is 382 g/mol. The minimum Gasteiger partial charge on any atom is -0.354 e. The fourth-order valence-electron chi connectivity index (χ4n) is 2.83. The Labute approximate surface area is 154 Å². The molecule has 144 valence electrons. The molecule has 1 heterocycles. The lowest BCUT2D eigenvalue weighted by Gasteiger charge is -2.25. The van der Waals surface area contributed by atoms with E-state index in [1.807, 2.05) is 0 Å². The summed E-state index contributed by atoms with van der Waals surface area (Å²) in [6, 6.07) is 4.72. The number of hydrogen-bond donors (Lipinski definition) is 2. The Morgan fingerprint density at radius 2 is 2.00 bits per heavy atom. The van der Waals surface area contributed by atoms with Gasteiger partial charge in [-0.05, 0) is 24.6 Å². The Balaban J connectivity index is 2.14. The van der Waals surface area contributed by atoms with Gasteiger partial charge in [-0.1, -0.05) is 19.9 Å². The fourth-order valence-corrected chi connectivity index (χ4v) is 4.31. The lowest BCUT2D eigenvalue weighted by molar-refractivity contribution is -0.125. The number of anilines is 1. The molecule has 8 nitrogen and oxygen atoms in total. The molecule has 2 N–H and O–H groups in total. The lowest BCUT2D eigenvalue weighted by atomic mass is 10.2. The smallest absolute Gasteiger partial charge is 0.243 e. The van der Waals surface area contributed by atoms with E-state index in [4.69, 9.17) is 0 Å². The SMILES string of the molecule is CCN(CC)S(=O)(=O)c1ccc(C)c(NC(=O)CN2CCNC(=O)C2)c1. The van der Waals surface area contributed by atoms with Crippen molar-refractivity contribution in [2.45, 2.75) is 25.7 Å². The summed E-state index contributed by atoms with van der Waals surface area (Å²) in [6.45, 7) is 7.52. The number of aryl methyl sites for hydroxylation is 1. The number of sulfonamides is 1. The van der Waals surface area contributed by atoms with Crippen molar-refractivity contribution in [2.75, 3.05) is 44.6 Å². The van der Waals surface area contributed by atoms with E-state index in [0.29, 0.717) is 31.9 Å². The molecule has 1 fully saturated rings. The third-order valence-corrected chi connectivity index (χ3v) is 6.36. The lowest BCUT2D eigenvalue weighted by Crippen LogP contribution is -2.49. The van der Waals surface area contributed by atoms with Crippen molar-refractivity contribution in [1.82, 2.24) is 14.5 Å². The Bertz CT molecular complexity index is 775. The number of carbonyl (C=O) groups excluding carboxylic acids is 2. The van der Waals surface area contributed by atoms with Crippen LogP contribution in [0.3, 0.4) is 0 Å². The molecule has 0 aliphatic carbocycles. The molecule has 1 aromatic carbocycles. The summed E-state index contributed by atoms with van der Waals surface area (Å²) in [4.78, 5) is 25.6. The second kappa shape index (κ2) is 8.61. The maximum absolute atomic E-state index is 12.7. The highest BCUT2D eigenvalue weighted by molar-refractivity contribution is 7.89. The van der Waals surface area contributed by atoms with Crippen LogP contribution in [-0.4, -0.2) is 68.7 Å². The van der Waals surface area contributed by atoms with Crippen molar-refractivity contribution in [1.29, 1.82) is 0 Å². The van der Waals surface area contributed by atoms with Crippen LogP contribution in [0.1, 0.15) is 19.4 Å². The summed E-state index contributed by atoms with van der Waals surface area (Å²) < 4.78 is 26.7. The van der Waals surface area contributed by atoms with E-state index < -0.39 is 10.0 Å². The molecule has 0 bridgehead atoms. The van der Waals surface area contributed by atoms with Crippen molar-refractivity contribution in [2.24, 2.45) is 0 Å². The molecule has 0 spiro atoms. The zero-order valence-corrected chi connectivity index (χ0v) is 16.2. The minimum atomic E-state index is -3.59. The van der Waals surface area contributed by atoms with Gasteiger partial charge in [0, 0.05) is 31.9 Å². The van der Waals surface area contributed by atoms with E-state index in [1.54, 1.807) is 37.8 Å². The third kappa shape index (κ3) is 4.80. The number of carbonyl (C=O) groups is 2. The Morgan fingerprint density at radius 3 is 2.62 bits per heavy atom. The molecule has 2 rings (SSSR count). The van der Waals surface area contributed by atoms with Gasteiger partial charge in [0.15, 0.2) is 0 Å². The van der Waals surface area contributed by atoms with E-state index in [1.165, 1.54) is 10.4 Å². The topological polar surface area (TPSA) is 98.8 Å². The number of nitrogens with zero attached hydrogens (tertiary/aromatic N) is 2. The zero-order valence-electron chi connectivity index (χ0n) is 15.4. The normalized spacial score (nSPS) is 15.8. The summed E-state index contributed by atoms with van der Waals surface area (Å²) >= 11 is 0. The van der Waals surface area contributed by atoms with Gasteiger partial charge in [0.1, 0.15) is 0 Å². The summed E-state index contributed by atoms with van der Waals surface area (Å²) in [6.07, 6.45) is 0. The summed E-state index contributed by atoms with van der Waals surface area (Å²) in [5.74, 6) is -0.382. The molecule has 0 aromatic heterocycles. The van der Waals surface area contributed by atoms with Gasteiger partial charge in [0.2, 0.25) is 21.8 Å². The van der Waals surface area contributed by atoms with Crippen molar-refractivity contribution in [3.8, 4) is 0 Å². The monoisotopic (exact) mass is 382 g/mol. The molecular weight excluding hydrogens is 356 g/mol. The number of amides is 2. The highest BCUT2D eigenvalue weighted by Crippen LogP contribution is 2.23. The zero-order chi connectivity index (χ0) is 19.3. The predicted molar refractivity (Wildman–Crippen MR) is 99.4 cm³/mol. The molecular formula is C17H26N4O4S. The van der Waals surface area contributed by atoms with E-state index >= 15 is 0 Å². The van der Waals surface area contributed by atoms with Gasteiger partial charge in [-0.3, -0.25) is 14.5 Å². The second-order valence-corrected chi connectivity index (χ2v) is 8.11. The van der Waals surface area contributed by atoms with Crippen LogP contribution in [0.25, 0.3) is 0 Å². The number of nitrogens with one attached hydrogen (secondary N) is 2. The second-order valence-electron chi connectivity index (χ2n) is 6.17. The minimum absolute atomic E-state index is 0.0832. The molecule has 1 aliphatic heterocycles. The van der Waals surface area contributed by atoms with Gasteiger partial charge in [-0.15, -0.1) is 0 Å². The van der Waals surface area contributed by atoms with E-state index in [9.17, 15) is 18.0 Å². The predicted octanol–water partition coefficient (Wildman–Crippen LogP) is 0.396. The average Bonchev–Trinajstić information content (AvgIpc) is 2.57. The van der Waals surface area contributed by atoms with Crippen LogP contribution < -0.4 is 10.6 Å². The van der Waals surface area contributed by atoms with Gasteiger partial charge in [0.05, 0.1) is 18.0 Å². The Morgan fingerprint density at radius 1 is 1.31 bits per heavy atom. The largest absolute Gasteiger partial charge is 0.354 e. The van der Waals surface area contributed by atoms with E-state index in [-0.39, 0.29) is 29.8 Å². The van der Waals surface area contributed by atoms with Crippen LogP contribution in [-0.2, 0) is 19.6 Å². The van der Waals surface area contributed by atoms with Gasteiger partial charge in [0.25, 0.3) is 0 Å². The molecule has 1 aliphatic rings. The van der Waals surface area contributed by atoms with Crippen molar-refractivity contribution >= 4 is 27.5 Å². The molecule has 9 heteroatoms. The molecule has 0 unspecified atom stereocenters. The molecule has 26 heavy (non-hydrogen) atoms. The Kier molecular flexibility index (Phi) is 6.74.